The molecule has 0 spiro atoms. The van der Waals surface area contributed by atoms with Crippen LogP contribution in [0.4, 0.5) is 5.69 Å². The summed E-state index contributed by atoms with van der Waals surface area (Å²) in [7, 11) is 0. The molecule has 2 N–H and O–H groups in total. The maximum Gasteiger partial charge on any atom is 2.00 e. The SMILES string of the molecule is O=[C-]Cc1ccccc1NC1=C(Cl)C=CCC1O.[U+2]. The summed E-state index contributed by atoms with van der Waals surface area (Å²) in [5.74, 6) is 0. The van der Waals surface area contributed by atoms with Crippen LogP contribution >= 0.6 is 11.6 Å². The number of rotatable bonds is 4. The molecule has 2 rings (SSSR count). The first-order chi connectivity index (χ1) is 8.72. The summed E-state index contributed by atoms with van der Waals surface area (Å²) in [4.78, 5) is 10.5. The minimum atomic E-state index is -0.643. The molecule has 1 unspecified atom stereocenters. The normalized spacial score (nSPS) is 17.9. The second-order valence-electron chi connectivity index (χ2n) is 4.02. The van der Waals surface area contributed by atoms with Crippen molar-refractivity contribution in [2.24, 2.45) is 0 Å². The van der Waals surface area contributed by atoms with Crippen molar-refractivity contribution in [2.75, 3.05) is 5.32 Å². The molecule has 19 heavy (non-hydrogen) atoms. The number of para-hydroxylation sites is 1. The standard InChI is InChI=1S/C14H13ClNO2.U/c15-11-5-3-7-13(18)14(11)16-12-6-2-1-4-10(12)8-9-17;/h1-6,13,16,18H,7-8H2;/q-1;+2. The maximum absolute atomic E-state index is 10.5. The molecule has 0 radical (unpaired) electrons. The molecular formula is C14H13ClNO2U+. The number of hydrogen-bond acceptors (Lipinski definition) is 3. The van der Waals surface area contributed by atoms with Gasteiger partial charge in [-0.1, -0.05) is 41.4 Å². The van der Waals surface area contributed by atoms with Gasteiger partial charge in [-0.25, -0.2) is 0 Å². The van der Waals surface area contributed by atoms with Gasteiger partial charge in [-0.3, -0.25) is 6.29 Å². The minimum Gasteiger partial charge on any atom is -0.541 e. The van der Waals surface area contributed by atoms with E-state index in [4.69, 9.17) is 11.6 Å². The number of aliphatic hydroxyl groups excluding tert-OH is 1. The number of nitrogens with one attached hydrogen (secondary N) is 1. The van der Waals surface area contributed by atoms with Gasteiger partial charge < -0.3 is 15.2 Å². The summed E-state index contributed by atoms with van der Waals surface area (Å²) in [6, 6.07) is 7.39. The van der Waals surface area contributed by atoms with E-state index in [1.165, 1.54) is 0 Å². The van der Waals surface area contributed by atoms with E-state index in [0.29, 0.717) is 17.2 Å². The van der Waals surface area contributed by atoms with Crippen molar-refractivity contribution < 1.29 is 41.0 Å². The van der Waals surface area contributed by atoms with Gasteiger partial charge >= 0.3 is 31.1 Å². The average Bonchev–Trinajstić information content (AvgIpc) is 2.36. The minimum absolute atomic E-state index is 0. The first-order valence-corrected chi connectivity index (χ1v) is 6.04. The second kappa shape index (κ2) is 7.92. The summed E-state index contributed by atoms with van der Waals surface area (Å²) in [6.45, 7) is 0. The molecule has 0 aromatic heterocycles. The number of anilines is 1. The molecule has 0 saturated heterocycles. The van der Waals surface area contributed by atoms with Gasteiger partial charge in [-0.2, -0.15) is 0 Å². The van der Waals surface area contributed by atoms with Crippen molar-refractivity contribution in [1.29, 1.82) is 0 Å². The van der Waals surface area contributed by atoms with Crippen molar-refractivity contribution in [3.63, 3.8) is 0 Å². The fourth-order valence-corrected chi connectivity index (χ4v) is 2.09. The third-order valence-corrected chi connectivity index (χ3v) is 3.09. The van der Waals surface area contributed by atoms with Gasteiger partial charge in [0.25, 0.3) is 0 Å². The Hall–Kier alpha value is -0.528. The van der Waals surface area contributed by atoms with Crippen LogP contribution in [-0.4, -0.2) is 17.5 Å². The maximum atomic E-state index is 10.5. The zero-order chi connectivity index (χ0) is 13.0. The quantitative estimate of drug-likeness (QED) is 0.625. The van der Waals surface area contributed by atoms with Crippen molar-refractivity contribution in [3.8, 4) is 0 Å². The van der Waals surface area contributed by atoms with Gasteiger partial charge in [0.05, 0.1) is 16.8 Å². The van der Waals surface area contributed by atoms with E-state index >= 15 is 0 Å². The Bertz CT molecular complexity index is 514. The molecule has 0 bridgehead atoms. The van der Waals surface area contributed by atoms with Gasteiger partial charge in [-0.15, -0.1) is 6.42 Å². The molecule has 1 aliphatic carbocycles. The van der Waals surface area contributed by atoms with E-state index in [9.17, 15) is 9.90 Å². The first kappa shape index (κ1) is 16.5. The van der Waals surface area contributed by atoms with Crippen molar-refractivity contribution in [2.45, 2.75) is 18.9 Å². The van der Waals surface area contributed by atoms with Crippen LogP contribution in [0.25, 0.3) is 0 Å². The van der Waals surface area contributed by atoms with Crippen LogP contribution in [0.2, 0.25) is 0 Å². The molecule has 1 atom stereocenters. The third-order valence-electron chi connectivity index (χ3n) is 2.76. The zero-order valence-electron chi connectivity index (χ0n) is 10.2. The van der Waals surface area contributed by atoms with Crippen LogP contribution in [0.15, 0.2) is 47.1 Å². The van der Waals surface area contributed by atoms with E-state index < -0.39 is 6.10 Å². The number of allylic oxidation sites excluding steroid dienone is 2. The molecule has 5 heteroatoms. The monoisotopic (exact) mass is 500 g/mol. The Morgan fingerprint density at radius 2 is 2.16 bits per heavy atom. The smallest absolute Gasteiger partial charge is 0.541 e. The van der Waals surface area contributed by atoms with Crippen LogP contribution in [0.3, 0.4) is 0 Å². The molecule has 0 fully saturated rings. The van der Waals surface area contributed by atoms with Crippen molar-refractivity contribution in [1.82, 2.24) is 0 Å². The summed E-state index contributed by atoms with van der Waals surface area (Å²) in [6.07, 6.45) is 5.54. The Morgan fingerprint density at radius 3 is 2.84 bits per heavy atom. The van der Waals surface area contributed by atoms with Gasteiger partial charge in [0.2, 0.25) is 0 Å². The van der Waals surface area contributed by atoms with E-state index in [-0.39, 0.29) is 37.5 Å². The van der Waals surface area contributed by atoms with Crippen LogP contribution in [0.5, 0.6) is 0 Å². The van der Waals surface area contributed by atoms with Gasteiger partial charge in [0.1, 0.15) is 0 Å². The van der Waals surface area contributed by atoms with Crippen LogP contribution in [-0.2, 0) is 11.2 Å². The van der Waals surface area contributed by atoms with E-state index in [1.54, 1.807) is 6.08 Å². The molecule has 3 nitrogen and oxygen atoms in total. The number of aliphatic hydroxyl groups is 1. The summed E-state index contributed by atoms with van der Waals surface area (Å²) >= 11 is 6.05. The van der Waals surface area contributed by atoms with Gasteiger partial charge in [0, 0.05) is 5.69 Å². The zero-order valence-corrected chi connectivity index (χ0v) is 15.1. The molecule has 0 saturated carbocycles. The van der Waals surface area contributed by atoms with Crippen LogP contribution < -0.4 is 5.32 Å². The van der Waals surface area contributed by atoms with Crippen molar-refractivity contribution in [3.05, 3.63) is 52.7 Å². The second-order valence-corrected chi connectivity index (χ2v) is 4.43. The number of benzene rings is 1. The van der Waals surface area contributed by atoms with E-state index in [2.05, 4.69) is 5.32 Å². The number of carbonyl (C=O) groups excluding carboxylic acids is 1. The molecule has 0 heterocycles. The van der Waals surface area contributed by atoms with Gasteiger partial charge in [-0.05, 0) is 18.6 Å². The molecule has 1 aromatic carbocycles. The third kappa shape index (κ3) is 4.22. The fourth-order valence-electron chi connectivity index (χ4n) is 1.83. The van der Waals surface area contributed by atoms with Gasteiger partial charge in [0.15, 0.2) is 0 Å². The van der Waals surface area contributed by atoms with E-state index in [0.717, 1.165) is 11.3 Å². The Labute approximate surface area is 141 Å². The molecule has 0 amide bonds. The van der Waals surface area contributed by atoms with E-state index in [1.807, 2.05) is 36.6 Å². The Kier molecular flexibility index (Phi) is 6.89. The van der Waals surface area contributed by atoms with Crippen LogP contribution in [0, 0.1) is 31.1 Å². The predicted molar refractivity (Wildman–Crippen MR) is 72.1 cm³/mol. The van der Waals surface area contributed by atoms with Crippen LogP contribution in [0.1, 0.15) is 12.0 Å². The van der Waals surface area contributed by atoms with Crippen molar-refractivity contribution >= 4 is 23.6 Å². The largest absolute Gasteiger partial charge is 2.00 e. The number of halogens is 1. The predicted octanol–water partition coefficient (Wildman–Crippen LogP) is 2.52. The molecule has 96 valence electrons. The Balaban J connectivity index is 0.00000180. The molecule has 1 aromatic rings. The molecular weight excluding hydrogens is 488 g/mol. The first-order valence-electron chi connectivity index (χ1n) is 5.66. The topological polar surface area (TPSA) is 49.3 Å². The summed E-state index contributed by atoms with van der Waals surface area (Å²) < 4.78 is 0. The number of hydrogen-bond donors (Lipinski definition) is 2. The fraction of sp³-hybridized carbons (Fsp3) is 0.214. The molecule has 0 aliphatic heterocycles. The average molecular weight is 501 g/mol. The Morgan fingerprint density at radius 1 is 1.42 bits per heavy atom. The molecule has 1 aliphatic rings. The summed E-state index contributed by atoms with van der Waals surface area (Å²) in [5, 5.41) is 13.5. The summed E-state index contributed by atoms with van der Waals surface area (Å²) in [5.41, 5.74) is 2.16.